The first-order valence-electron chi connectivity index (χ1n) is 7.97. The van der Waals surface area contributed by atoms with Gasteiger partial charge in [-0.05, 0) is 12.1 Å². The van der Waals surface area contributed by atoms with E-state index in [1.807, 2.05) is 11.0 Å². The number of carbonyl (C=O) groups excluding carboxylic acids is 1. The van der Waals surface area contributed by atoms with Crippen LogP contribution in [-0.2, 0) is 16.1 Å². The second-order valence-corrected chi connectivity index (χ2v) is 7.85. The molecule has 2 saturated heterocycles. The monoisotopic (exact) mass is 345 g/mol. The van der Waals surface area contributed by atoms with Crippen molar-refractivity contribution in [2.75, 3.05) is 59.0 Å². The number of hydrogen-bond acceptors (Lipinski definition) is 3. The molecule has 0 aromatic carbocycles. The van der Waals surface area contributed by atoms with Crippen LogP contribution in [0.4, 0.5) is 0 Å². The quantitative estimate of drug-likeness (QED) is 0.700. The van der Waals surface area contributed by atoms with E-state index in [0.29, 0.717) is 19.8 Å². The van der Waals surface area contributed by atoms with Crippen LogP contribution in [0.5, 0.6) is 0 Å². The number of piperazine rings is 1. The number of ether oxygens (including phenoxy) is 1. The number of nitrogens with one attached hydrogen (secondary N) is 2. The number of carbonyl (C=O) groups is 1. The molecule has 122 valence electrons. The van der Waals surface area contributed by atoms with Gasteiger partial charge in [-0.3, -0.25) is 4.79 Å². The number of morpholine rings is 1. The van der Waals surface area contributed by atoms with Gasteiger partial charge < -0.3 is 19.4 Å². The van der Waals surface area contributed by atoms with Crippen LogP contribution < -0.4 is 9.80 Å². The first kappa shape index (κ1) is 16.2. The van der Waals surface area contributed by atoms with Gasteiger partial charge in [0.2, 0.25) is 0 Å². The molecule has 0 aliphatic carbocycles. The van der Waals surface area contributed by atoms with Gasteiger partial charge in [-0.2, -0.15) is 0 Å². The summed E-state index contributed by atoms with van der Waals surface area (Å²) in [5.74, 6) is 0.284. The highest BCUT2D eigenvalue weighted by molar-refractivity contribution is 7.16. The van der Waals surface area contributed by atoms with Gasteiger partial charge in [0.25, 0.3) is 5.91 Å². The maximum absolute atomic E-state index is 12.3. The van der Waals surface area contributed by atoms with Crippen molar-refractivity contribution in [3.8, 4) is 0 Å². The Morgan fingerprint density at radius 2 is 1.86 bits per heavy atom. The van der Waals surface area contributed by atoms with E-state index in [2.05, 4.69) is 6.07 Å². The molecule has 0 atom stereocenters. The topological polar surface area (TPSA) is 38.4 Å². The van der Waals surface area contributed by atoms with Gasteiger partial charge in [-0.25, -0.2) is 0 Å². The maximum atomic E-state index is 12.3. The Kier molecular flexibility index (Phi) is 5.71. The number of halogens is 1. The first-order chi connectivity index (χ1) is 10.7. The third-order valence-electron chi connectivity index (χ3n) is 4.48. The summed E-state index contributed by atoms with van der Waals surface area (Å²) in [6.07, 6.45) is 0. The van der Waals surface area contributed by atoms with Gasteiger partial charge >= 0.3 is 0 Å². The molecule has 22 heavy (non-hydrogen) atoms. The molecule has 2 N–H and O–H groups in total. The molecule has 2 fully saturated rings. The SMILES string of the molecule is O=C(C[NH+]1CC[NH+](Cc2ccc(Cl)s2)CC1)N1CCOCC1. The van der Waals surface area contributed by atoms with Crippen LogP contribution in [0.3, 0.4) is 0 Å². The van der Waals surface area contributed by atoms with E-state index in [4.69, 9.17) is 16.3 Å². The highest BCUT2D eigenvalue weighted by Crippen LogP contribution is 2.20. The molecular formula is C15H24ClN3O2S+2. The van der Waals surface area contributed by atoms with Gasteiger partial charge in [-0.1, -0.05) is 11.6 Å². The second kappa shape index (κ2) is 7.75. The van der Waals surface area contributed by atoms with E-state index in [1.54, 1.807) is 16.2 Å². The first-order valence-corrected chi connectivity index (χ1v) is 9.17. The summed E-state index contributed by atoms with van der Waals surface area (Å²) in [4.78, 5) is 18.6. The Bertz CT molecular complexity index is 497. The van der Waals surface area contributed by atoms with Crippen molar-refractivity contribution in [1.82, 2.24) is 4.90 Å². The smallest absolute Gasteiger partial charge is 0.277 e. The number of rotatable bonds is 4. The maximum Gasteiger partial charge on any atom is 0.277 e. The summed E-state index contributed by atoms with van der Waals surface area (Å²) in [7, 11) is 0. The number of nitrogens with zero attached hydrogens (tertiary/aromatic N) is 1. The van der Waals surface area contributed by atoms with Crippen molar-refractivity contribution in [2.45, 2.75) is 6.54 Å². The Morgan fingerprint density at radius 1 is 1.18 bits per heavy atom. The Labute approximate surface area is 140 Å². The summed E-state index contributed by atoms with van der Waals surface area (Å²) >= 11 is 7.66. The van der Waals surface area contributed by atoms with Crippen LogP contribution in [0.25, 0.3) is 0 Å². The normalized spacial score (nSPS) is 26.1. The molecule has 2 aliphatic heterocycles. The summed E-state index contributed by atoms with van der Waals surface area (Å²) in [5, 5.41) is 0. The number of hydrogen-bond donors (Lipinski definition) is 2. The van der Waals surface area contributed by atoms with E-state index >= 15 is 0 Å². The molecule has 0 unspecified atom stereocenters. The van der Waals surface area contributed by atoms with Crippen molar-refractivity contribution in [3.05, 3.63) is 21.3 Å². The van der Waals surface area contributed by atoms with Gasteiger partial charge in [-0.15, -0.1) is 11.3 Å². The summed E-state index contributed by atoms with van der Waals surface area (Å²) < 4.78 is 6.17. The third-order valence-corrected chi connectivity index (χ3v) is 5.71. The van der Waals surface area contributed by atoms with Crippen molar-refractivity contribution >= 4 is 28.8 Å². The van der Waals surface area contributed by atoms with Crippen molar-refractivity contribution in [3.63, 3.8) is 0 Å². The molecule has 0 spiro atoms. The van der Waals surface area contributed by atoms with Crippen molar-refractivity contribution in [1.29, 1.82) is 0 Å². The van der Waals surface area contributed by atoms with Gasteiger partial charge in [0.1, 0.15) is 32.7 Å². The molecular weight excluding hydrogens is 322 g/mol. The number of amides is 1. The molecule has 5 nitrogen and oxygen atoms in total. The summed E-state index contributed by atoms with van der Waals surface area (Å²) in [6.45, 7) is 8.97. The highest BCUT2D eigenvalue weighted by Gasteiger charge is 2.27. The van der Waals surface area contributed by atoms with Gasteiger partial charge in [0, 0.05) is 13.1 Å². The van der Waals surface area contributed by atoms with Crippen LogP contribution in [0.15, 0.2) is 12.1 Å². The predicted molar refractivity (Wildman–Crippen MR) is 86.7 cm³/mol. The molecule has 7 heteroatoms. The third kappa shape index (κ3) is 4.43. The largest absolute Gasteiger partial charge is 0.378 e. The fourth-order valence-corrected chi connectivity index (χ4v) is 4.30. The molecule has 1 amide bonds. The zero-order chi connectivity index (χ0) is 15.4. The fourth-order valence-electron chi connectivity index (χ4n) is 3.14. The lowest BCUT2D eigenvalue weighted by molar-refractivity contribution is -1.02. The zero-order valence-electron chi connectivity index (χ0n) is 12.8. The highest BCUT2D eigenvalue weighted by atomic mass is 35.5. The lowest BCUT2D eigenvalue weighted by atomic mass is 10.3. The lowest BCUT2D eigenvalue weighted by Crippen LogP contribution is -3.28. The van der Waals surface area contributed by atoms with E-state index in [0.717, 1.165) is 50.1 Å². The average Bonchev–Trinajstić information content (AvgIpc) is 2.95. The van der Waals surface area contributed by atoms with Crippen LogP contribution in [-0.4, -0.2) is 69.8 Å². The Morgan fingerprint density at radius 3 is 2.50 bits per heavy atom. The van der Waals surface area contributed by atoms with Crippen molar-refractivity contribution < 1.29 is 19.3 Å². The van der Waals surface area contributed by atoms with E-state index in [1.165, 1.54) is 9.78 Å². The molecule has 0 saturated carbocycles. The molecule has 0 radical (unpaired) electrons. The molecule has 1 aromatic heterocycles. The average molecular weight is 346 g/mol. The molecule has 2 aliphatic rings. The van der Waals surface area contributed by atoms with Crippen LogP contribution in [0, 0.1) is 0 Å². The second-order valence-electron chi connectivity index (χ2n) is 6.05. The summed E-state index contributed by atoms with van der Waals surface area (Å²) in [6, 6.07) is 4.10. The lowest BCUT2D eigenvalue weighted by Gasteiger charge is -2.32. The molecule has 3 rings (SSSR count). The van der Waals surface area contributed by atoms with Gasteiger partial charge in [0.15, 0.2) is 6.54 Å². The van der Waals surface area contributed by atoms with Crippen LogP contribution >= 0.6 is 22.9 Å². The Balaban J connectivity index is 1.40. The minimum atomic E-state index is 0.284. The molecule has 3 heterocycles. The van der Waals surface area contributed by atoms with E-state index in [9.17, 15) is 4.79 Å². The zero-order valence-corrected chi connectivity index (χ0v) is 14.3. The van der Waals surface area contributed by atoms with Gasteiger partial charge in [0.05, 0.1) is 22.4 Å². The van der Waals surface area contributed by atoms with Crippen molar-refractivity contribution in [2.24, 2.45) is 0 Å². The molecule has 0 bridgehead atoms. The van der Waals surface area contributed by atoms with Crippen LogP contribution in [0.2, 0.25) is 4.34 Å². The van der Waals surface area contributed by atoms with Crippen LogP contribution in [0.1, 0.15) is 4.88 Å². The van der Waals surface area contributed by atoms with E-state index < -0.39 is 0 Å². The Hall–Kier alpha value is -0.660. The minimum absolute atomic E-state index is 0.284. The number of quaternary nitrogens is 2. The standard InChI is InChI=1S/C15H22ClN3O2S/c16-14-2-1-13(22-14)11-17-3-5-18(6-4-17)12-15(20)19-7-9-21-10-8-19/h1-2H,3-12H2/p+2. The van der Waals surface area contributed by atoms with E-state index in [-0.39, 0.29) is 5.91 Å². The fraction of sp³-hybridized carbons (Fsp3) is 0.667. The molecule has 1 aromatic rings. The predicted octanol–water partition coefficient (Wildman–Crippen LogP) is -1.46. The minimum Gasteiger partial charge on any atom is -0.378 e. The number of thiophene rings is 1. The summed E-state index contributed by atoms with van der Waals surface area (Å²) in [5.41, 5.74) is 0.